The lowest BCUT2D eigenvalue weighted by molar-refractivity contribution is -0.384. The van der Waals surface area contributed by atoms with E-state index in [1.165, 1.54) is 38.5 Å². The minimum atomic E-state index is -0.990. The molecular weight excluding hydrogens is 470 g/mol. The van der Waals surface area contributed by atoms with Crippen molar-refractivity contribution in [3.05, 3.63) is 93.5 Å². The second-order valence-corrected chi connectivity index (χ2v) is 7.60. The van der Waals surface area contributed by atoms with E-state index in [1.807, 2.05) is 6.07 Å². The van der Waals surface area contributed by atoms with E-state index < -0.39 is 17.0 Å². The number of hydrogen-bond acceptors (Lipinski definition) is 9. The van der Waals surface area contributed by atoms with Crippen molar-refractivity contribution in [2.75, 3.05) is 14.2 Å². The predicted octanol–water partition coefficient (Wildman–Crippen LogP) is 4.50. The summed E-state index contributed by atoms with van der Waals surface area (Å²) in [5, 5.41) is 15.7. The Labute approximate surface area is 204 Å². The third kappa shape index (κ3) is 5.41. The summed E-state index contributed by atoms with van der Waals surface area (Å²) in [5.74, 6) is 0.104. The molecule has 0 N–H and O–H groups in total. The van der Waals surface area contributed by atoms with E-state index in [0.717, 1.165) is 5.56 Å². The third-order valence-electron chi connectivity index (χ3n) is 5.29. The summed E-state index contributed by atoms with van der Waals surface area (Å²) in [6, 6.07) is 17.8. The van der Waals surface area contributed by atoms with E-state index in [0.29, 0.717) is 27.8 Å². The van der Waals surface area contributed by atoms with Gasteiger partial charge in [0.05, 0.1) is 42.2 Å². The molecule has 4 rings (SSSR count). The maximum atomic E-state index is 12.4. The van der Waals surface area contributed by atoms with Gasteiger partial charge in [-0.2, -0.15) is 0 Å². The van der Waals surface area contributed by atoms with Gasteiger partial charge in [-0.25, -0.2) is 9.59 Å². The molecule has 0 saturated heterocycles. The van der Waals surface area contributed by atoms with E-state index in [9.17, 15) is 19.7 Å². The zero-order valence-electron chi connectivity index (χ0n) is 19.4. The molecule has 0 aliphatic rings. The van der Waals surface area contributed by atoms with Gasteiger partial charge in [0.2, 0.25) is 0 Å². The van der Waals surface area contributed by atoms with Crippen molar-refractivity contribution in [3.8, 4) is 11.6 Å². The van der Waals surface area contributed by atoms with Crippen molar-refractivity contribution in [3.63, 3.8) is 0 Å². The molecule has 0 radical (unpaired) electrons. The highest BCUT2D eigenvalue weighted by molar-refractivity contribution is 5.89. The summed E-state index contributed by atoms with van der Waals surface area (Å²) in [5.41, 5.74) is 2.34. The lowest BCUT2D eigenvalue weighted by Crippen LogP contribution is -2.11. The number of benzene rings is 3. The summed E-state index contributed by atoms with van der Waals surface area (Å²) < 4.78 is 22.2. The number of non-ortho nitro benzene ring substituents is 1. The quantitative estimate of drug-likeness (QED) is 0.198. The number of nitrogens with zero attached hydrogens (tertiary/aromatic N) is 3. The number of esters is 1. The van der Waals surface area contributed by atoms with Crippen LogP contribution in [-0.4, -0.2) is 41.0 Å². The van der Waals surface area contributed by atoms with Crippen molar-refractivity contribution in [1.29, 1.82) is 0 Å². The average molecular weight is 491 g/mol. The van der Waals surface area contributed by atoms with Gasteiger partial charge in [0.25, 0.3) is 11.6 Å². The van der Waals surface area contributed by atoms with Crippen molar-refractivity contribution >= 4 is 28.7 Å². The van der Waals surface area contributed by atoms with Gasteiger partial charge in [-0.3, -0.25) is 14.8 Å². The Morgan fingerprint density at radius 1 is 1.00 bits per heavy atom. The number of rotatable bonds is 8. The van der Waals surface area contributed by atoms with Crippen LogP contribution in [0.5, 0.6) is 11.6 Å². The monoisotopic (exact) mass is 491 g/mol. The number of aromatic nitrogens is 2. The number of carbonyl (C=O) groups excluding carboxylic acids is 2. The van der Waals surface area contributed by atoms with Crippen LogP contribution in [0.15, 0.2) is 66.7 Å². The minimum Gasteiger partial charge on any atom is -0.497 e. The molecule has 0 saturated carbocycles. The van der Waals surface area contributed by atoms with Crippen molar-refractivity contribution in [1.82, 2.24) is 9.78 Å². The molecule has 0 fully saturated rings. The van der Waals surface area contributed by atoms with Crippen LogP contribution in [0.4, 0.5) is 10.5 Å². The molecule has 0 aliphatic carbocycles. The van der Waals surface area contributed by atoms with Crippen LogP contribution >= 0.6 is 0 Å². The smallest absolute Gasteiger partial charge is 0.497 e. The van der Waals surface area contributed by atoms with Crippen LogP contribution in [0.2, 0.25) is 0 Å². The van der Waals surface area contributed by atoms with Crippen LogP contribution in [0.25, 0.3) is 10.9 Å². The summed E-state index contributed by atoms with van der Waals surface area (Å²) in [6.07, 6.45) is -0.990. The summed E-state index contributed by atoms with van der Waals surface area (Å²) in [7, 11) is 2.83. The lowest BCUT2D eigenvalue weighted by atomic mass is 10.1. The number of hydrogen-bond donors (Lipinski definition) is 0. The highest BCUT2D eigenvalue weighted by Crippen LogP contribution is 2.30. The molecule has 1 heterocycles. The molecule has 0 amide bonds. The Hall–Kier alpha value is -4.93. The fourth-order valence-corrected chi connectivity index (χ4v) is 3.50. The summed E-state index contributed by atoms with van der Waals surface area (Å²) >= 11 is 0. The molecule has 0 bridgehead atoms. The van der Waals surface area contributed by atoms with Crippen molar-refractivity contribution in [2.24, 2.45) is 0 Å². The highest BCUT2D eigenvalue weighted by Gasteiger charge is 2.18. The van der Waals surface area contributed by atoms with Crippen molar-refractivity contribution in [2.45, 2.75) is 13.2 Å². The second-order valence-electron chi connectivity index (χ2n) is 7.60. The van der Waals surface area contributed by atoms with E-state index in [1.54, 1.807) is 41.1 Å². The first-order valence-electron chi connectivity index (χ1n) is 10.7. The van der Waals surface area contributed by atoms with E-state index >= 15 is 0 Å². The Balaban J connectivity index is 1.54. The van der Waals surface area contributed by atoms with Crippen LogP contribution in [0.3, 0.4) is 0 Å². The third-order valence-corrected chi connectivity index (χ3v) is 5.29. The molecule has 36 heavy (non-hydrogen) atoms. The highest BCUT2D eigenvalue weighted by atomic mass is 16.7. The van der Waals surface area contributed by atoms with E-state index in [4.69, 9.17) is 18.9 Å². The molecule has 0 unspecified atom stereocenters. The van der Waals surface area contributed by atoms with Gasteiger partial charge >= 0.3 is 12.1 Å². The molecule has 11 nitrogen and oxygen atoms in total. The number of nitro groups is 1. The summed E-state index contributed by atoms with van der Waals surface area (Å²) in [4.78, 5) is 34.5. The first kappa shape index (κ1) is 24.2. The summed E-state index contributed by atoms with van der Waals surface area (Å²) in [6.45, 7) is 0.147. The Morgan fingerprint density at radius 3 is 2.47 bits per heavy atom. The SMILES string of the molecule is COC(=O)c1cccc(Cn2nc(OC(=O)OCc3ccc([N+](=O)[O-])cc3)c3cc(OC)ccc32)c1. The lowest BCUT2D eigenvalue weighted by Gasteiger charge is -2.06. The molecule has 3 aromatic carbocycles. The molecule has 0 spiro atoms. The fraction of sp³-hybridized carbons (Fsp3) is 0.160. The number of carbonyl (C=O) groups is 2. The minimum absolute atomic E-state index is 0.0155. The standard InChI is InChI=1S/C25H21N3O8/c1-33-20-10-11-22-21(13-20)23(26-27(22)14-17-4-3-5-18(12-17)24(29)34-2)36-25(30)35-15-16-6-8-19(9-7-16)28(31)32/h3-13H,14-15H2,1-2H3. The molecule has 4 aromatic rings. The maximum Gasteiger partial charge on any atom is 0.515 e. The Morgan fingerprint density at radius 2 is 1.78 bits per heavy atom. The van der Waals surface area contributed by atoms with Gasteiger partial charge in [0, 0.05) is 12.1 Å². The number of ether oxygens (including phenoxy) is 4. The topological polar surface area (TPSA) is 132 Å². The van der Waals surface area contributed by atoms with Gasteiger partial charge in [-0.15, -0.1) is 5.10 Å². The van der Waals surface area contributed by atoms with Gasteiger partial charge in [0.1, 0.15) is 12.4 Å². The molecule has 1 aromatic heterocycles. The first-order chi connectivity index (χ1) is 17.4. The van der Waals surface area contributed by atoms with Crippen LogP contribution in [0, 0.1) is 10.1 Å². The fourth-order valence-electron chi connectivity index (χ4n) is 3.50. The van der Waals surface area contributed by atoms with Crippen molar-refractivity contribution < 1.29 is 33.5 Å². The van der Waals surface area contributed by atoms with E-state index in [-0.39, 0.29) is 24.7 Å². The number of methoxy groups -OCH3 is 2. The molecule has 11 heteroatoms. The normalized spacial score (nSPS) is 10.6. The zero-order chi connectivity index (χ0) is 25.7. The zero-order valence-corrected chi connectivity index (χ0v) is 19.4. The molecular formula is C25H21N3O8. The van der Waals surface area contributed by atoms with Crippen LogP contribution in [-0.2, 0) is 22.6 Å². The van der Waals surface area contributed by atoms with Crippen LogP contribution < -0.4 is 9.47 Å². The van der Waals surface area contributed by atoms with E-state index in [2.05, 4.69) is 5.10 Å². The van der Waals surface area contributed by atoms with Gasteiger partial charge in [0.15, 0.2) is 0 Å². The first-order valence-corrected chi connectivity index (χ1v) is 10.7. The predicted molar refractivity (Wildman–Crippen MR) is 127 cm³/mol. The number of fused-ring (bicyclic) bond motifs is 1. The Bertz CT molecular complexity index is 1430. The average Bonchev–Trinajstić information content (AvgIpc) is 3.23. The largest absolute Gasteiger partial charge is 0.515 e. The Kier molecular flexibility index (Phi) is 7.10. The molecule has 0 atom stereocenters. The van der Waals surface area contributed by atoms with Gasteiger partial charge < -0.3 is 18.9 Å². The van der Waals surface area contributed by atoms with Gasteiger partial charge in [-0.1, -0.05) is 12.1 Å². The maximum absolute atomic E-state index is 12.4. The number of nitro benzene ring substituents is 1. The molecule has 0 aliphatic heterocycles. The van der Waals surface area contributed by atoms with Crippen LogP contribution in [0.1, 0.15) is 21.5 Å². The van der Waals surface area contributed by atoms with Gasteiger partial charge in [-0.05, 0) is 53.6 Å². The molecule has 184 valence electrons. The second kappa shape index (κ2) is 10.6.